The molecule has 2 heterocycles. The van der Waals surface area contributed by atoms with E-state index in [1.165, 1.54) is 6.20 Å². The third-order valence-corrected chi connectivity index (χ3v) is 4.88. The molecule has 3 aliphatic rings. The molecule has 23 heavy (non-hydrogen) atoms. The van der Waals surface area contributed by atoms with Crippen molar-refractivity contribution in [2.24, 2.45) is 5.92 Å². The summed E-state index contributed by atoms with van der Waals surface area (Å²) in [6.45, 7) is 0. The Bertz CT molecular complexity index is 795. The molecule has 0 atom stereocenters. The number of aromatic nitrogens is 3. The van der Waals surface area contributed by atoms with Crippen LogP contribution < -0.4 is 5.73 Å². The van der Waals surface area contributed by atoms with Gasteiger partial charge in [-0.3, -0.25) is 4.79 Å². The third kappa shape index (κ3) is 1.97. The number of rotatable bonds is 3. The second-order valence-corrected chi connectivity index (χ2v) is 6.33. The Labute approximate surface area is 129 Å². The minimum atomic E-state index is -4.59. The van der Waals surface area contributed by atoms with Gasteiger partial charge in [0, 0.05) is 23.5 Å². The average molecular weight is 322 g/mol. The molecule has 3 fully saturated rings. The Morgan fingerprint density at radius 3 is 2.57 bits per heavy atom. The first kappa shape index (κ1) is 14.2. The molecule has 3 aliphatic carbocycles. The molecule has 0 spiro atoms. The molecule has 8 heteroatoms. The topological polar surface area (TPSA) is 73.8 Å². The fourth-order valence-electron chi connectivity index (χ4n) is 3.57. The number of pyridine rings is 1. The van der Waals surface area contributed by atoms with Crippen LogP contribution in [0.4, 0.5) is 19.0 Å². The van der Waals surface area contributed by atoms with E-state index < -0.39 is 17.6 Å². The van der Waals surface area contributed by atoms with Crippen LogP contribution in [0.25, 0.3) is 11.3 Å². The van der Waals surface area contributed by atoms with Crippen molar-refractivity contribution in [1.82, 2.24) is 14.5 Å². The van der Waals surface area contributed by atoms with Crippen LogP contribution in [0.15, 0.2) is 18.5 Å². The Morgan fingerprint density at radius 1 is 1.35 bits per heavy atom. The van der Waals surface area contributed by atoms with Gasteiger partial charge in [0.2, 0.25) is 0 Å². The van der Waals surface area contributed by atoms with E-state index in [9.17, 15) is 18.0 Å². The van der Waals surface area contributed by atoms with Gasteiger partial charge < -0.3 is 10.3 Å². The molecule has 5 rings (SSSR count). The van der Waals surface area contributed by atoms with Gasteiger partial charge >= 0.3 is 6.18 Å². The number of anilines is 1. The van der Waals surface area contributed by atoms with Gasteiger partial charge in [-0.2, -0.15) is 13.2 Å². The van der Waals surface area contributed by atoms with Crippen LogP contribution in [0.1, 0.15) is 35.4 Å². The molecule has 2 aromatic rings. The molecule has 0 unspecified atom stereocenters. The first-order chi connectivity index (χ1) is 10.8. The lowest BCUT2D eigenvalue weighted by Gasteiger charge is -2.62. The van der Waals surface area contributed by atoms with Gasteiger partial charge in [-0.05, 0) is 31.2 Å². The largest absolute Gasteiger partial charge is 0.419 e. The molecule has 0 saturated heterocycles. The Balaban J connectivity index is 1.78. The predicted molar refractivity (Wildman–Crippen MR) is 75.6 cm³/mol. The zero-order valence-corrected chi connectivity index (χ0v) is 12.0. The molecular weight excluding hydrogens is 309 g/mol. The van der Waals surface area contributed by atoms with Crippen LogP contribution in [0.2, 0.25) is 0 Å². The summed E-state index contributed by atoms with van der Waals surface area (Å²) in [6.07, 6.45) is 1.93. The number of nitrogens with two attached hydrogens (primary N) is 1. The molecular formula is C15H13F3N4O. The van der Waals surface area contributed by atoms with E-state index in [1.807, 2.05) is 0 Å². The number of hydrogen-bond acceptors (Lipinski definition) is 4. The van der Waals surface area contributed by atoms with Crippen molar-refractivity contribution in [1.29, 1.82) is 0 Å². The van der Waals surface area contributed by atoms with E-state index in [0.717, 1.165) is 25.3 Å². The molecule has 2 N–H and O–H groups in total. The van der Waals surface area contributed by atoms with Crippen molar-refractivity contribution in [3.05, 3.63) is 29.8 Å². The van der Waals surface area contributed by atoms with Crippen LogP contribution in [0, 0.1) is 5.92 Å². The quantitative estimate of drug-likeness (QED) is 0.882. The summed E-state index contributed by atoms with van der Waals surface area (Å²) in [5.41, 5.74) is 4.74. The van der Waals surface area contributed by atoms with Gasteiger partial charge in [-0.1, -0.05) is 0 Å². The predicted octanol–water partition coefficient (Wildman–Crippen LogP) is 2.87. The van der Waals surface area contributed by atoms with Gasteiger partial charge in [0.05, 0.1) is 11.3 Å². The normalized spacial score (nSPS) is 25.6. The molecule has 0 aromatic carbocycles. The van der Waals surface area contributed by atoms with Gasteiger partial charge in [0.1, 0.15) is 5.82 Å². The Hall–Kier alpha value is -2.38. The first-order valence-corrected chi connectivity index (χ1v) is 7.20. The molecule has 5 nitrogen and oxygen atoms in total. The standard InChI is InChI=1S/C15H13F3N4O/c16-15(17,18)10-1-9(5-20-13(10)19)11-6-22(12(7-23)21-11)14-2-8(3-14)4-14/h1,5-8H,2-4H2,(H2,19,20). The van der Waals surface area contributed by atoms with Crippen LogP contribution in [0.3, 0.4) is 0 Å². The lowest BCUT2D eigenvalue weighted by molar-refractivity contribution is -0.137. The van der Waals surface area contributed by atoms with Crippen molar-refractivity contribution >= 4 is 12.1 Å². The minimum absolute atomic E-state index is 0.0692. The lowest BCUT2D eigenvalue weighted by Crippen LogP contribution is -2.59. The number of alkyl halides is 3. The lowest BCUT2D eigenvalue weighted by atomic mass is 9.49. The molecule has 2 aromatic heterocycles. The summed E-state index contributed by atoms with van der Waals surface area (Å²) in [5, 5.41) is 0. The third-order valence-electron chi connectivity index (χ3n) is 4.88. The molecule has 0 radical (unpaired) electrons. The highest BCUT2D eigenvalue weighted by Crippen LogP contribution is 2.62. The SMILES string of the molecule is Nc1ncc(-c2cn(C34CC(C3)C4)c(C=O)n2)cc1C(F)(F)F. The van der Waals surface area contributed by atoms with Crippen molar-refractivity contribution in [3.8, 4) is 11.3 Å². The summed E-state index contributed by atoms with van der Waals surface area (Å²) in [4.78, 5) is 19.0. The smallest absolute Gasteiger partial charge is 0.383 e. The first-order valence-electron chi connectivity index (χ1n) is 7.20. The minimum Gasteiger partial charge on any atom is -0.383 e. The van der Waals surface area contributed by atoms with Crippen molar-refractivity contribution in [2.75, 3.05) is 5.73 Å². The van der Waals surface area contributed by atoms with Crippen LogP contribution in [-0.4, -0.2) is 20.8 Å². The second-order valence-electron chi connectivity index (χ2n) is 6.33. The maximum absolute atomic E-state index is 13.0. The summed E-state index contributed by atoms with van der Waals surface area (Å²) < 4.78 is 40.7. The van der Waals surface area contributed by atoms with Gasteiger partial charge in [-0.15, -0.1) is 0 Å². The summed E-state index contributed by atoms with van der Waals surface area (Å²) in [5.74, 6) is 0.370. The molecule has 3 saturated carbocycles. The number of halogens is 3. The number of imidazole rings is 1. The van der Waals surface area contributed by atoms with Crippen molar-refractivity contribution < 1.29 is 18.0 Å². The number of carbonyl (C=O) groups is 1. The van der Waals surface area contributed by atoms with Gasteiger partial charge in [-0.25, -0.2) is 9.97 Å². The van der Waals surface area contributed by atoms with E-state index >= 15 is 0 Å². The maximum atomic E-state index is 13.0. The zero-order valence-electron chi connectivity index (χ0n) is 12.0. The molecule has 0 amide bonds. The monoisotopic (exact) mass is 322 g/mol. The number of nitrogen functional groups attached to an aromatic ring is 1. The van der Waals surface area contributed by atoms with Gasteiger partial charge in [0.25, 0.3) is 0 Å². The van der Waals surface area contributed by atoms with Crippen molar-refractivity contribution in [2.45, 2.75) is 31.0 Å². The van der Waals surface area contributed by atoms with E-state index in [-0.39, 0.29) is 16.9 Å². The second kappa shape index (κ2) is 4.33. The van der Waals surface area contributed by atoms with E-state index in [0.29, 0.717) is 17.9 Å². The Morgan fingerprint density at radius 2 is 2.04 bits per heavy atom. The fourth-order valence-corrected chi connectivity index (χ4v) is 3.57. The summed E-state index contributed by atoms with van der Waals surface area (Å²) >= 11 is 0. The molecule has 2 bridgehead atoms. The average Bonchev–Trinajstić information content (AvgIpc) is 2.78. The van der Waals surface area contributed by atoms with Crippen LogP contribution in [-0.2, 0) is 11.7 Å². The van der Waals surface area contributed by atoms with Crippen molar-refractivity contribution in [3.63, 3.8) is 0 Å². The maximum Gasteiger partial charge on any atom is 0.419 e. The highest BCUT2D eigenvalue weighted by Gasteiger charge is 2.58. The van der Waals surface area contributed by atoms with Gasteiger partial charge in [0.15, 0.2) is 12.1 Å². The van der Waals surface area contributed by atoms with Crippen LogP contribution in [0.5, 0.6) is 0 Å². The molecule has 0 aliphatic heterocycles. The zero-order chi connectivity index (χ0) is 16.4. The summed E-state index contributed by atoms with van der Waals surface area (Å²) in [7, 11) is 0. The highest BCUT2D eigenvalue weighted by atomic mass is 19.4. The summed E-state index contributed by atoms with van der Waals surface area (Å²) in [6, 6.07) is 0.922. The number of carbonyl (C=O) groups excluding carboxylic acids is 1. The van der Waals surface area contributed by atoms with E-state index in [2.05, 4.69) is 9.97 Å². The highest BCUT2D eigenvalue weighted by molar-refractivity contribution is 5.73. The van der Waals surface area contributed by atoms with E-state index in [1.54, 1.807) is 10.8 Å². The Kier molecular flexibility index (Phi) is 2.68. The van der Waals surface area contributed by atoms with Crippen LogP contribution >= 0.6 is 0 Å². The molecule has 120 valence electrons. The number of hydrogen-bond donors (Lipinski definition) is 1. The number of nitrogens with zero attached hydrogens (tertiary/aromatic N) is 3. The van der Waals surface area contributed by atoms with E-state index in [4.69, 9.17) is 5.73 Å². The fraction of sp³-hybridized carbons (Fsp3) is 0.400. The number of aldehydes is 1.